The van der Waals surface area contributed by atoms with Crippen molar-refractivity contribution in [2.24, 2.45) is 5.73 Å². The Morgan fingerprint density at radius 1 is 1.26 bits per heavy atom. The van der Waals surface area contributed by atoms with Crippen molar-refractivity contribution in [2.75, 3.05) is 20.1 Å². The van der Waals surface area contributed by atoms with E-state index in [-0.39, 0.29) is 29.2 Å². The van der Waals surface area contributed by atoms with Gasteiger partial charge in [0.05, 0.1) is 17.8 Å². The first-order valence-electron chi connectivity index (χ1n) is 8.58. The number of nitrogens with zero attached hydrogens (tertiary/aromatic N) is 3. The van der Waals surface area contributed by atoms with Crippen LogP contribution in [0.25, 0.3) is 11.4 Å². The maximum atomic E-state index is 14.5. The third-order valence-electron chi connectivity index (χ3n) is 4.54. The Morgan fingerprint density at radius 3 is 2.70 bits per heavy atom. The summed E-state index contributed by atoms with van der Waals surface area (Å²) >= 11 is 0. The first kappa shape index (κ1) is 19.0. The molecule has 0 saturated heterocycles. The molecule has 3 N–H and O–H groups in total. The Hall–Kier alpha value is -2.81. The van der Waals surface area contributed by atoms with E-state index >= 15 is 0 Å². The monoisotopic (exact) mass is 377 g/mol. The van der Waals surface area contributed by atoms with Gasteiger partial charge < -0.3 is 20.5 Å². The number of amides is 2. The minimum absolute atomic E-state index is 0.112. The molecule has 2 heterocycles. The summed E-state index contributed by atoms with van der Waals surface area (Å²) in [6, 6.07) is 2.21. The molecule has 0 bridgehead atoms. The minimum atomic E-state index is -0.743. The largest absolute Gasteiger partial charge is 0.368 e. The van der Waals surface area contributed by atoms with Crippen LogP contribution in [0.4, 0.5) is 8.78 Å². The normalized spacial score (nSPS) is 14.5. The molecule has 3 rings (SSSR count). The van der Waals surface area contributed by atoms with Gasteiger partial charge in [-0.2, -0.15) is 0 Å². The second kappa shape index (κ2) is 7.43. The summed E-state index contributed by atoms with van der Waals surface area (Å²) in [6.07, 6.45) is 0.789. The lowest BCUT2D eigenvalue weighted by Crippen LogP contribution is -2.34. The van der Waals surface area contributed by atoms with Gasteiger partial charge >= 0.3 is 0 Å². The van der Waals surface area contributed by atoms with E-state index < -0.39 is 23.4 Å². The number of rotatable bonds is 4. The fourth-order valence-corrected chi connectivity index (χ4v) is 3.19. The van der Waals surface area contributed by atoms with E-state index in [0.29, 0.717) is 18.8 Å². The van der Waals surface area contributed by atoms with Crippen molar-refractivity contribution in [3.05, 3.63) is 40.7 Å². The van der Waals surface area contributed by atoms with Crippen molar-refractivity contribution in [2.45, 2.75) is 26.4 Å². The average molecular weight is 377 g/mol. The fourth-order valence-electron chi connectivity index (χ4n) is 3.19. The number of carbonyl (C=O) groups excluding carboxylic acids is 2. The van der Waals surface area contributed by atoms with Gasteiger partial charge in [-0.1, -0.05) is 0 Å². The number of aryl methyl sites for hydroxylation is 1. The summed E-state index contributed by atoms with van der Waals surface area (Å²) in [4.78, 5) is 29.9. The molecule has 2 amide bonds. The highest BCUT2D eigenvalue weighted by Crippen LogP contribution is 2.29. The predicted octanol–water partition coefficient (Wildman–Crippen LogP) is 1.19. The van der Waals surface area contributed by atoms with E-state index in [2.05, 4.69) is 10.3 Å². The molecule has 0 radical (unpaired) electrons. The van der Waals surface area contributed by atoms with Crippen molar-refractivity contribution in [3.63, 3.8) is 0 Å². The van der Waals surface area contributed by atoms with Gasteiger partial charge in [-0.3, -0.25) is 9.59 Å². The molecule has 2 aromatic rings. The zero-order valence-corrected chi connectivity index (χ0v) is 15.2. The van der Waals surface area contributed by atoms with Crippen LogP contribution < -0.4 is 11.1 Å². The molecular formula is C18H21F2N5O2. The molecular weight excluding hydrogens is 356 g/mol. The topological polar surface area (TPSA) is 93.3 Å². The van der Waals surface area contributed by atoms with Gasteiger partial charge in [0, 0.05) is 19.2 Å². The molecule has 27 heavy (non-hydrogen) atoms. The molecule has 1 aromatic heterocycles. The highest BCUT2D eigenvalue weighted by molar-refractivity contribution is 5.96. The van der Waals surface area contributed by atoms with Gasteiger partial charge in [0.1, 0.15) is 17.5 Å². The first-order valence-corrected chi connectivity index (χ1v) is 8.58. The first-order chi connectivity index (χ1) is 12.8. The van der Waals surface area contributed by atoms with Crippen molar-refractivity contribution in [1.82, 2.24) is 19.8 Å². The molecule has 0 aliphatic carbocycles. The van der Waals surface area contributed by atoms with E-state index in [1.165, 1.54) is 6.07 Å². The SMILES string of the molecule is Cc1cc(-c2nc(C(=O)NCC(N)=O)c3n2CCCN(C)C3)c(F)cc1F. The van der Waals surface area contributed by atoms with Gasteiger partial charge in [-0.15, -0.1) is 0 Å². The van der Waals surface area contributed by atoms with Gasteiger partial charge in [-0.25, -0.2) is 13.8 Å². The zero-order valence-electron chi connectivity index (χ0n) is 15.2. The van der Waals surface area contributed by atoms with Crippen molar-refractivity contribution < 1.29 is 18.4 Å². The number of halogens is 2. The van der Waals surface area contributed by atoms with Crippen molar-refractivity contribution >= 4 is 11.8 Å². The number of aromatic nitrogens is 2. The summed E-state index contributed by atoms with van der Waals surface area (Å²) in [5, 5.41) is 2.42. The number of nitrogens with two attached hydrogens (primary N) is 1. The molecule has 7 nitrogen and oxygen atoms in total. The standard InChI is InChI=1S/C18H21F2N5O2/c1-10-6-11(13(20)7-12(10)19)17-23-16(18(27)22-8-15(21)26)14-9-24(2)4-3-5-25(14)17/h6-7H,3-5,8-9H2,1-2H3,(H2,21,26)(H,22,27). The molecule has 0 unspecified atom stereocenters. The molecule has 1 aliphatic rings. The lowest BCUT2D eigenvalue weighted by atomic mass is 10.1. The van der Waals surface area contributed by atoms with Crippen LogP contribution in [-0.4, -0.2) is 46.4 Å². The third kappa shape index (κ3) is 3.82. The van der Waals surface area contributed by atoms with Crippen LogP contribution in [0, 0.1) is 18.6 Å². The number of hydrogen-bond acceptors (Lipinski definition) is 4. The maximum Gasteiger partial charge on any atom is 0.272 e. The molecule has 0 spiro atoms. The van der Waals surface area contributed by atoms with Crippen LogP contribution >= 0.6 is 0 Å². The second-order valence-electron chi connectivity index (χ2n) is 6.70. The van der Waals surface area contributed by atoms with E-state index in [1.54, 1.807) is 11.5 Å². The maximum absolute atomic E-state index is 14.5. The van der Waals surface area contributed by atoms with Gasteiger partial charge in [0.15, 0.2) is 5.69 Å². The van der Waals surface area contributed by atoms with Gasteiger partial charge in [0.25, 0.3) is 5.91 Å². The van der Waals surface area contributed by atoms with Crippen LogP contribution in [0.3, 0.4) is 0 Å². The number of nitrogens with one attached hydrogen (secondary N) is 1. The molecule has 1 aliphatic heterocycles. The quantitative estimate of drug-likeness (QED) is 0.837. The van der Waals surface area contributed by atoms with Crippen LogP contribution in [0.2, 0.25) is 0 Å². The summed E-state index contributed by atoms with van der Waals surface area (Å²) in [7, 11) is 1.91. The Kier molecular flexibility index (Phi) is 5.22. The van der Waals surface area contributed by atoms with Crippen molar-refractivity contribution in [3.8, 4) is 11.4 Å². The molecule has 0 atom stereocenters. The number of imidazole rings is 1. The molecule has 0 fully saturated rings. The number of fused-ring (bicyclic) bond motifs is 1. The number of primary amides is 1. The average Bonchev–Trinajstić information content (AvgIpc) is 2.82. The summed E-state index contributed by atoms with van der Waals surface area (Å²) in [5.41, 5.74) is 6.23. The van der Waals surface area contributed by atoms with Crippen LogP contribution in [-0.2, 0) is 17.9 Å². The number of carbonyl (C=O) groups is 2. The molecule has 9 heteroatoms. The molecule has 1 aromatic carbocycles. The lowest BCUT2D eigenvalue weighted by Gasteiger charge is -2.13. The van der Waals surface area contributed by atoms with Gasteiger partial charge in [0.2, 0.25) is 5.91 Å². The van der Waals surface area contributed by atoms with E-state index in [0.717, 1.165) is 19.0 Å². The smallest absolute Gasteiger partial charge is 0.272 e. The molecule has 0 saturated carbocycles. The third-order valence-corrected chi connectivity index (χ3v) is 4.54. The van der Waals surface area contributed by atoms with Crippen LogP contribution in [0.1, 0.15) is 28.2 Å². The van der Waals surface area contributed by atoms with Crippen LogP contribution in [0.5, 0.6) is 0 Å². The van der Waals surface area contributed by atoms with Gasteiger partial charge in [-0.05, 0) is 38.6 Å². The zero-order chi connectivity index (χ0) is 19.7. The Balaban J connectivity index is 2.12. The lowest BCUT2D eigenvalue weighted by molar-refractivity contribution is -0.117. The second-order valence-corrected chi connectivity index (χ2v) is 6.70. The number of benzene rings is 1. The van der Waals surface area contributed by atoms with Crippen molar-refractivity contribution in [1.29, 1.82) is 0 Å². The summed E-state index contributed by atoms with van der Waals surface area (Å²) in [5.74, 6) is -2.35. The Bertz CT molecular complexity index is 910. The van der Waals surface area contributed by atoms with Crippen LogP contribution in [0.15, 0.2) is 12.1 Å². The van der Waals surface area contributed by atoms with E-state index in [9.17, 15) is 18.4 Å². The highest BCUT2D eigenvalue weighted by atomic mass is 19.1. The fraction of sp³-hybridized carbons (Fsp3) is 0.389. The Morgan fingerprint density at radius 2 is 2.00 bits per heavy atom. The summed E-state index contributed by atoms with van der Waals surface area (Å²) in [6.45, 7) is 3.00. The minimum Gasteiger partial charge on any atom is -0.368 e. The van der Waals surface area contributed by atoms with E-state index in [4.69, 9.17) is 5.73 Å². The number of hydrogen-bond donors (Lipinski definition) is 2. The molecule has 144 valence electrons. The Labute approximate surface area is 155 Å². The predicted molar refractivity (Wildman–Crippen MR) is 94.8 cm³/mol. The van der Waals surface area contributed by atoms with E-state index in [1.807, 2.05) is 11.9 Å². The highest BCUT2D eigenvalue weighted by Gasteiger charge is 2.27. The summed E-state index contributed by atoms with van der Waals surface area (Å²) < 4.78 is 29.9.